The summed E-state index contributed by atoms with van der Waals surface area (Å²) in [5.41, 5.74) is 1.09. The van der Waals surface area contributed by atoms with E-state index in [1.807, 2.05) is 87.2 Å². The molecule has 9 atom stereocenters. The predicted molar refractivity (Wildman–Crippen MR) is 245 cm³/mol. The Kier molecular flexibility index (Phi) is 22.7. The van der Waals surface area contributed by atoms with Crippen LogP contribution in [0.15, 0.2) is 41.9 Å². The second-order valence-corrected chi connectivity index (χ2v) is 18.4. The molecule has 0 saturated carbocycles. The van der Waals surface area contributed by atoms with Gasteiger partial charge in [0.2, 0.25) is 23.6 Å². The molecule has 0 aliphatic carbocycles. The fourth-order valence-electron chi connectivity index (χ4n) is 8.62. The number of carbonyl (C=O) groups is 4. The van der Waals surface area contributed by atoms with Gasteiger partial charge in [0, 0.05) is 52.5 Å². The normalized spacial score (nSPS) is 18.3. The molecule has 1 fully saturated rings. The van der Waals surface area contributed by atoms with Gasteiger partial charge in [-0.25, -0.2) is 4.98 Å². The van der Waals surface area contributed by atoms with E-state index in [4.69, 9.17) is 14.2 Å². The van der Waals surface area contributed by atoms with Crippen molar-refractivity contribution in [1.29, 1.82) is 0 Å². The predicted octanol–water partition coefficient (Wildman–Crippen LogP) is 5.01. The zero-order valence-corrected chi connectivity index (χ0v) is 40.2. The highest BCUT2D eigenvalue weighted by Gasteiger charge is 2.43. The van der Waals surface area contributed by atoms with Crippen LogP contribution in [0.4, 0.5) is 0 Å². The largest absolute Gasteiger partial charge is 0.379 e. The lowest BCUT2D eigenvalue weighted by atomic mass is 9.89. The molecule has 4 amide bonds. The quantitative estimate of drug-likeness (QED) is 0.0712. The average molecular weight is 890 g/mol. The Hall–Kier alpha value is -3.12. The van der Waals surface area contributed by atoms with Gasteiger partial charge in [0.25, 0.3) is 0 Å². The van der Waals surface area contributed by atoms with Gasteiger partial charge in [-0.3, -0.25) is 28.8 Å². The molecule has 3 rings (SSSR count). The van der Waals surface area contributed by atoms with Gasteiger partial charge in [0.1, 0.15) is 11.0 Å². The summed E-state index contributed by atoms with van der Waals surface area (Å²) in [4.78, 5) is 66.8. The molecule has 0 radical (unpaired) electrons. The van der Waals surface area contributed by atoms with E-state index in [0.717, 1.165) is 23.4 Å². The molecule has 1 aliphatic rings. The molecule has 3 N–H and O–H groups in total. The fourth-order valence-corrected chi connectivity index (χ4v) is 9.40. The molecule has 344 valence electrons. The van der Waals surface area contributed by atoms with Crippen LogP contribution in [-0.4, -0.2) is 141 Å². The van der Waals surface area contributed by atoms with Gasteiger partial charge in [0.15, 0.2) is 0 Å². The van der Waals surface area contributed by atoms with Crippen LogP contribution in [0, 0.1) is 23.7 Å². The number of thiazole rings is 1. The maximum Gasteiger partial charge on any atom is 0.245 e. The molecule has 14 nitrogen and oxygen atoms in total. The molecule has 0 bridgehead atoms. The molecule has 1 saturated heterocycles. The number of nitrogens with one attached hydrogen (secondary N) is 3. The molecule has 0 spiro atoms. The summed E-state index contributed by atoms with van der Waals surface area (Å²) < 4.78 is 20.6. The number of methoxy groups -OCH3 is 2. The highest BCUT2D eigenvalue weighted by atomic mass is 32.1. The Labute approximate surface area is 375 Å². The van der Waals surface area contributed by atoms with Crippen LogP contribution >= 0.6 is 24.2 Å². The van der Waals surface area contributed by atoms with Gasteiger partial charge in [0.05, 0.1) is 61.9 Å². The summed E-state index contributed by atoms with van der Waals surface area (Å²) in [5.74, 6) is -1.58. The summed E-state index contributed by atoms with van der Waals surface area (Å²) >= 11 is 5.50. The minimum Gasteiger partial charge on any atom is -0.379 e. The monoisotopic (exact) mass is 890 g/mol. The van der Waals surface area contributed by atoms with E-state index in [2.05, 4.69) is 47.0 Å². The second-order valence-electron chi connectivity index (χ2n) is 17.1. The number of thiol groups is 1. The van der Waals surface area contributed by atoms with Crippen LogP contribution in [0.2, 0.25) is 0 Å². The highest BCUT2D eigenvalue weighted by molar-refractivity contribution is 7.78. The van der Waals surface area contributed by atoms with Crippen molar-refractivity contribution in [1.82, 2.24) is 35.0 Å². The Balaban J connectivity index is 1.76. The van der Waals surface area contributed by atoms with Crippen LogP contribution in [0.25, 0.3) is 0 Å². The Bertz CT molecular complexity index is 1600. The molecule has 16 heteroatoms. The smallest absolute Gasteiger partial charge is 0.245 e. The third-order valence-corrected chi connectivity index (χ3v) is 13.3. The van der Waals surface area contributed by atoms with Crippen LogP contribution in [-0.2, 0) is 39.8 Å². The number of likely N-dealkylation sites (tertiary alicyclic amines) is 1. The molecule has 61 heavy (non-hydrogen) atoms. The molecule has 1 aliphatic heterocycles. The number of hydrogen-bond donors (Lipinski definition) is 4. The van der Waals surface area contributed by atoms with Crippen molar-refractivity contribution in [2.24, 2.45) is 23.7 Å². The van der Waals surface area contributed by atoms with Crippen molar-refractivity contribution >= 4 is 47.8 Å². The summed E-state index contributed by atoms with van der Waals surface area (Å²) in [6, 6.07) is 7.63. The van der Waals surface area contributed by atoms with Gasteiger partial charge in [-0.2, -0.15) is 0 Å². The fraction of sp³-hybridized carbons (Fsp3) is 0.711. The number of benzene rings is 1. The molecule has 2 heterocycles. The van der Waals surface area contributed by atoms with E-state index in [9.17, 15) is 19.2 Å². The zero-order chi connectivity index (χ0) is 45.2. The minimum absolute atomic E-state index is 0.0222. The van der Waals surface area contributed by atoms with E-state index in [0.29, 0.717) is 45.7 Å². The Morgan fingerprint density at radius 3 is 2.25 bits per heavy atom. The highest BCUT2D eigenvalue weighted by Crippen LogP contribution is 2.30. The average Bonchev–Trinajstić information content (AvgIpc) is 3.96. The molecule has 2 aromatic rings. The van der Waals surface area contributed by atoms with Gasteiger partial charge >= 0.3 is 0 Å². The number of aromatic nitrogens is 1. The summed E-state index contributed by atoms with van der Waals surface area (Å²) in [6.45, 7) is 16.4. The van der Waals surface area contributed by atoms with E-state index in [1.54, 1.807) is 32.4 Å². The molecule has 1 aromatic carbocycles. The second kappa shape index (κ2) is 26.5. The Morgan fingerprint density at radius 2 is 1.67 bits per heavy atom. The lowest BCUT2D eigenvalue weighted by Gasteiger charge is -2.41. The number of nitrogens with zero attached hydrogens (tertiary/aromatic N) is 4. The van der Waals surface area contributed by atoms with Gasteiger partial charge < -0.3 is 34.6 Å². The molecular formula is C45H75N7O7S2. The van der Waals surface area contributed by atoms with E-state index >= 15 is 0 Å². The topological polar surface area (TPSA) is 155 Å². The van der Waals surface area contributed by atoms with Crippen LogP contribution in [0.5, 0.6) is 0 Å². The Morgan fingerprint density at radius 1 is 0.967 bits per heavy atom. The van der Waals surface area contributed by atoms with E-state index < -0.39 is 36.3 Å². The molecule has 1 aromatic heterocycles. The SMILES string of the molecule is CC[C@H](C)[C@@H]([C@@H](CC(=O)N1CCC[C@H]1[C@H](OC)[C@@H](C)C(=O)N[C@@H](Cc1ccccc1)c1nccs1)OC)N(C)C(=O)[C@@H](NC(=O)[C@H](C(C)C)N(C)CCOCCNS)C(C)C. The number of carbonyl (C=O) groups excluding carboxylic acids is 4. The van der Waals surface area contributed by atoms with Crippen molar-refractivity contribution in [2.75, 3.05) is 61.2 Å². The van der Waals surface area contributed by atoms with Crippen molar-refractivity contribution in [3.8, 4) is 0 Å². The van der Waals surface area contributed by atoms with Crippen LogP contribution < -0.4 is 15.4 Å². The van der Waals surface area contributed by atoms with Crippen LogP contribution in [0.1, 0.15) is 90.8 Å². The minimum atomic E-state index is -0.800. The van der Waals surface area contributed by atoms with Gasteiger partial charge in [-0.15, -0.1) is 11.3 Å². The summed E-state index contributed by atoms with van der Waals surface area (Å²) in [6.07, 6.45) is 3.38. The first-order chi connectivity index (χ1) is 29.1. The number of amides is 4. The van der Waals surface area contributed by atoms with Crippen molar-refractivity contribution in [3.63, 3.8) is 0 Å². The lowest BCUT2D eigenvalue weighted by Crippen LogP contribution is -2.60. The lowest BCUT2D eigenvalue weighted by molar-refractivity contribution is -0.148. The third-order valence-electron chi connectivity index (χ3n) is 12.2. The van der Waals surface area contributed by atoms with Gasteiger partial charge in [-0.1, -0.05) is 98.0 Å². The maximum absolute atomic E-state index is 14.5. The van der Waals surface area contributed by atoms with E-state index in [1.165, 1.54) is 11.3 Å². The number of likely N-dealkylation sites (N-methyl/N-ethyl adjacent to an activating group) is 2. The molecular weight excluding hydrogens is 815 g/mol. The zero-order valence-electron chi connectivity index (χ0n) is 38.5. The first-order valence-corrected chi connectivity index (χ1v) is 23.2. The number of rotatable bonds is 27. The summed E-state index contributed by atoms with van der Waals surface area (Å²) in [7, 11) is 6.81. The van der Waals surface area contributed by atoms with Crippen molar-refractivity contribution in [2.45, 2.75) is 123 Å². The molecule has 0 unspecified atom stereocenters. The van der Waals surface area contributed by atoms with Crippen molar-refractivity contribution in [3.05, 3.63) is 52.5 Å². The van der Waals surface area contributed by atoms with E-state index in [-0.39, 0.29) is 59.9 Å². The summed E-state index contributed by atoms with van der Waals surface area (Å²) in [5, 5.41) is 9.07. The maximum atomic E-state index is 14.5. The third kappa shape index (κ3) is 15.0. The van der Waals surface area contributed by atoms with Crippen molar-refractivity contribution < 1.29 is 33.4 Å². The number of hydrogen-bond acceptors (Lipinski definition) is 12. The van der Waals surface area contributed by atoms with Gasteiger partial charge in [-0.05, 0) is 49.6 Å². The first kappa shape index (κ1) is 52.2. The number of ether oxygens (including phenoxy) is 3. The van der Waals surface area contributed by atoms with Crippen LogP contribution in [0.3, 0.4) is 0 Å². The first-order valence-electron chi connectivity index (χ1n) is 21.9. The standard InChI is InChI=1S/C45H75N7O7S2/c1-12-31(6)40(51(9)45(56)38(29(2)3)49-43(55)39(30(4)5)50(8)23-25-59-24-20-47-60)36(57-10)28-37(53)52-22-16-19-35(52)41(58-11)32(7)42(54)48-34(44-46-21-26-61-44)27-33-17-14-13-15-18-33/h13-15,17-18,21,26,29-32,34-36,38-41,47,60H,12,16,19-20,22-25,27-28H2,1-11H3,(H,48,54)(H,49,55)/t31-,32+,34-,35-,36+,38-,39-,40-,41+/m0/s1.